The molecule has 0 unspecified atom stereocenters. The van der Waals surface area contributed by atoms with Crippen molar-refractivity contribution in [1.29, 1.82) is 5.26 Å². The summed E-state index contributed by atoms with van der Waals surface area (Å²) in [6.07, 6.45) is 4.27. The van der Waals surface area contributed by atoms with Gasteiger partial charge in [-0.2, -0.15) is 5.26 Å². The molecule has 1 aliphatic heterocycles. The smallest absolute Gasteiger partial charge is 0.198 e. The number of Topliss-reactive ketones (excluding diaryl/α,β-unsaturated/α-hetero) is 1. The Hall–Kier alpha value is -4.11. The number of nitrogens with zero attached hydrogens (tertiary/aromatic N) is 3. The molecule has 2 aromatic heterocycles. The van der Waals surface area contributed by atoms with Gasteiger partial charge >= 0.3 is 0 Å². The normalized spacial score (nSPS) is 14.1. The summed E-state index contributed by atoms with van der Waals surface area (Å²) in [5, 5.41) is 10.0. The van der Waals surface area contributed by atoms with Gasteiger partial charge in [0, 0.05) is 50.9 Å². The van der Waals surface area contributed by atoms with Gasteiger partial charge in [-0.05, 0) is 53.9 Å². The molecule has 46 heavy (non-hydrogen) atoms. The Balaban J connectivity index is 1.46. The van der Waals surface area contributed by atoms with E-state index in [0.29, 0.717) is 66.1 Å². The number of ether oxygens (including phenoxy) is 4. The third kappa shape index (κ3) is 7.63. The first kappa shape index (κ1) is 33.3. The van der Waals surface area contributed by atoms with Gasteiger partial charge in [0.15, 0.2) is 17.4 Å². The van der Waals surface area contributed by atoms with E-state index in [2.05, 4.69) is 37.6 Å². The Morgan fingerprint density at radius 1 is 1.13 bits per heavy atom. The van der Waals surface area contributed by atoms with E-state index in [9.17, 15) is 10.1 Å². The number of hydrogen-bond donors (Lipinski definition) is 0. The lowest BCUT2D eigenvalue weighted by atomic mass is 9.82. The molecular weight excluding hydrogens is 608 g/mol. The summed E-state index contributed by atoms with van der Waals surface area (Å²) < 4.78 is 55.3. The molecular formula is C35H39F2N3O5Si. The molecule has 2 aromatic carbocycles. The second kappa shape index (κ2) is 13.7. The first-order valence-corrected chi connectivity index (χ1v) is 19.0. The molecule has 1 saturated heterocycles. The molecule has 11 heteroatoms. The zero-order valence-corrected chi connectivity index (χ0v) is 27.9. The van der Waals surface area contributed by atoms with Gasteiger partial charge in [-0.1, -0.05) is 32.6 Å². The highest BCUT2D eigenvalue weighted by atomic mass is 28.3. The van der Waals surface area contributed by atoms with Crippen LogP contribution in [-0.4, -0.2) is 50.3 Å². The van der Waals surface area contributed by atoms with E-state index < -0.39 is 25.5 Å². The van der Waals surface area contributed by atoms with E-state index >= 15 is 8.78 Å². The minimum atomic E-state index is -1.31. The summed E-state index contributed by atoms with van der Waals surface area (Å²) in [6, 6.07) is 12.1. The second-order valence-corrected chi connectivity index (χ2v) is 19.0. The third-order valence-corrected chi connectivity index (χ3v) is 9.86. The van der Waals surface area contributed by atoms with Crippen molar-refractivity contribution in [2.45, 2.75) is 58.6 Å². The number of hydrogen-bond acceptors (Lipinski definition) is 7. The van der Waals surface area contributed by atoms with Crippen molar-refractivity contribution in [2.24, 2.45) is 5.41 Å². The zero-order valence-electron chi connectivity index (χ0n) is 26.9. The van der Waals surface area contributed by atoms with Gasteiger partial charge in [0.25, 0.3) is 0 Å². The van der Waals surface area contributed by atoms with Crippen LogP contribution < -0.4 is 9.47 Å². The predicted octanol–water partition coefficient (Wildman–Crippen LogP) is 7.89. The number of methoxy groups -OCH3 is 1. The fourth-order valence-corrected chi connectivity index (χ4v) is 6.11. The number of carbonyl (C=O) groups is 1. The van der Waals surface area contributed by atoms with Crippen LogP contribution in [0.1, 0.15) is 30.9 Å². The molecule has 0 spiro atoms. The van der Waals surface area contributed by atoms with Gasteiger partial charge in [-0.3, -0.25) is 4.79 Å². The summed E-state index contributed by atoms with van der Waals surface area (Å²) >= 11 is 0. The molecule has 0 amide bonds. The van der Waals surface area contributed by atoms with Crippen LogP contribution in [0.3, 0.4) is 0 Å². The lowest BCUT2D eigenvalue weighted by Gasteiger charge is -2.37. The molecule has 8 nitrogen and oxygen atoms in total. The minimum Gasteiger partial charge on any atom is -0.495 e. The maximum Gasteiger partial charge on any atom is 0.198 e. The Bertz CT molecular complexity index is 1770. The summed E-state index contributed by atoms with van der Waals surface area (Å²) in [5.74, 6) is -1.93. The van der Waals surface area contributed by atoms with Crippen molar-refractivity contribution < 1.29 is 32.5 Å². The van der Waals surface area contributed by atoms with Crippen LogP contribution in [0, 0.1) is 28.4 Å². The average Bonchev–Trinajstić information content (AvgIpc) is 3.37. The topological polar surface area (TPSA) is 95.6 Å². The molecule has 3 heterocycles. The Kier molecular flexibility index (Phi) is 9.91. The van der Waals surface area contributed by atoms with Crippen LogP contribution in [0.2, 0.25) is 25.7 Å². The maximum atomic E-state index is 15.4. The molecule has 1 aliphatic rings. The van der Waals surface area contributed by atoms with Gasteiger partial charge in [-0.25, -0.2) is 13.8 Å². The van der Waals surface area contributed by atoms with E-state index in [1.807, 2.05) is 10.8 Å². The third-order valence-electron chi connectivity index (χ3n) is 8.16. The van der Waals surface area contributed by atoms with Gasteiger partial charge < -0.3 is 23.5 Å². The number of halogens is 2. The molecule has 4 aromatic rings. The first-order valence-electron chi connectivity index (χ1n) is 15.3. The Morgan fingerprint density at radius 3 is 2.50 bits per heavy atom. The number of pyridine rings is 1. The zero-order chi connectivity index (χ0) is 33.1. The van der Waals surface area contributed by atoms with Crippen molar-refractivity contribution >= 4 is 24.9 Å². The number of ketones is 1. The molecule has 0 saturated carbocycles. The van der Waals surface area contributed by atoms with Crippen molar-refractivity contribution in [3.8, 4) is 34.4 Å². The van der Waals surface area contributed by atoms with Crippen LogP contribution in [0.25, 0.3) is 22.2 Å². The largest absolute Gasteiger partial charge is 0.495 e. The number of aromatic nitrogens is 2. The van der Waals surface area contributed by atoms with Crippen molar-refractivity contribution in [1.82, 2.24) is 9.55 Å². The fourth-order valence-electron chi connectivity index (χ4n) is 5.35. The molecule has 0 N–H and O–H groups in total. The minimum absolute atomic E-state index is 0.0134. The maximum absolute atomic E-state index is 15.4. The standard InChI is InChI=1S/C35H39F2N3O5Si/c1-35(20-44-21-35)10-8-26(41)14-23-15-28(36)33(29(37)16-23)45-30-9-11-39-34-32(30)27(19-40(34)22-43-12-13-46(3,4)5)24-6-7-25(18-38)31(17-24)42-2/h6-7,9,11,15-17,19H,8,10,12-14,20-22H2,1-5H3. The summed E-state index contributed by atoms with van der Waals surface area (Å²) in [6.45, 7) is 10.9. The number of fused-ring (bicyclic) bond motifs is 1. The number of carbonyl (C=O) groups excluding carboxylic acids is 1. The van der Waals surface area contributed by atoms with Crippen molar-refractivity contribution in [3.63, 3.8) is 0 Å². The Morgan fingerprint density at radius 2 is 1.87 bits per heavy atom. The SMILES string of the molecule is COc1cc(-c2cn(COCC[Si](C)(C)C)c3nccc(Oc4c(F)cc(CC(=O)CCC5(C)COC5)cc4F)c23)ccc1C#N. The molecule has 0 bridgehead atoms. The summed E-state index contributed by atoms with van der Waals surface area (Å²) in [5.41, 5.74) is 2.44. The summed E-state index contributed by atoms with van der Waals surface area (Å²) in [7, 11) is 0.176. The monoisotopic (exact) mass is 647 g/mol. The van der Waals surface area contributed by atoms with Crippen LogP contribution >= 0.6 is 0 Å². The highest BCUT2D eigenvalue weighted by Gasteiger charge is 2.33. The van der Waals surface area contributed by atoms with Crippen LogP contribution in [0.5, 0.6) is 17.2 Å². The van der Waals surface area contributed by atoms with Crippen LogP contribution in [-0.2, 0) is 27.4 Å². The fraction of sp³-hybridized carbons (Fsp3) is 0.400. The van der Waals surface area contributed by atoms with Gasteiger partial charge in [0.1, 0.15) is 35.7 Å². The van der Waals surface area contributed by atoms with Crippen LogP contribution in [0.15, 0.2) is 48.8 Å². The van der Waals surface area contributed by atoms with E-state index in [1.54, 1.807) is 24.3 Å². The average molecular weight is 648 g/mol. The molecule has 0 radical (unpaired) electrons. The molecule has 242 valence electrons. The number of nitriles is 1. The highest BCUT2D eigenvalue weighted by Crippen LogP contribution is 2.41. The molecule has 0 atom stereocenters. The van der Waals surface area contributed by atoms with E-state index in [1.165, 1.54) is 13.3 Å². The predicted molar refractivity (Wildman–Crippen MR) is 174 cm³/mol. The first-order chi connectivity index (χ1) is 21.9. The van der Waals surface area contributed by atoms with Crippen molar-refractivity contribution in [3.05, 3.63) is 71.6 Å². The second-order valence-electron chi connectivity index (χ2n) is 13.4. The quantitative estimate of drug-likeness (QED) is 0.101. The molecule has 5 rings (SSSR count). The van der Waals surface area contributed by atoms with Gasteiger partial charge in [0.2, 0.25) is 0 Å². The number of rotatable bonds is 14. The van der Waals surface area contributed by atoms with Gasteiger partial charge in [-0.15, -0.1) is 0 Å². The summed E-state index contributed by atoms with van der Waals surface area (Å²) in [4.78, 5) is 17.2. The van der Waals surface area contributed by atoms with Gasteiger partial charge in [0.05, 0.1) is 31.3 Å². The Labute approximate surface area is 268 Å². The molecule has 0 aliphatic carbocycles. The highest BCUT2D eigenvalue weighted by molar-refractivity contribution is 6.76. The lowest BCUT2D eigenvalue weighted by molar-refractivity contribution is -0.125. The van der Waals surface area contributed by atoms with E-state index in [0.717, 1.165) is 18.2 Å². The number of benzene rings is 2. The molecule has 1 fully saturated rings. The van der Waals surface area contributed by atoms with E-state index in [4.69, 9.17) is 18.9 Å². The van der Waals surface area contributed by atoms with Crippen LogP contribution in [0.4, 0.5) is 8.78 Å². The lowest BCUT2D eigenvalue weighted by Crippen LogP contribution is -2.40. The van der Waals surface area contributed by atoms with Crippen molar-refractivity contribution in [2.75, 3.05) is 26.9 Å². The van der Waals surface area contributed by atoms with E-state index in [-0.39, 0.29) is 35.7 Å².